The Balaban J connectivity index is 1.78. The molecule has 0 N–H and O–H groups in total. The number of aryl methyl sites for hydroxylation is 1. The lowest BCUT2D eigenvalue weighted by Crippen LogP contribution is -1.81. The third kappa shape index (κ3) is 2.17. The average molecular weight is 286 g/mol. The molecular weight excluding hydrogens is 272 g/mol. The molecule has 0 saturated carbocycles. The summed E-state index contributed by atoms with van der Waals surface area (Å²) < 4.78 is 5.86. The van der Waals surface area contributed by atoms with Gasteiger partial charge in [-0.05, 0) is 41.5 Å². The first-order valence-electron chi connectivity index (χ1n) is 7.20. The fourth-order valence-electron chi connectivity index (χ4n) is 2.58. The molecule has 0 fully saturated rings. The van der Waals surface area contributed by atoms with Crippen molar-refractivity contribution in [2.45, 2.75) is 6.92 Å². The lowest BCUT2D eigenvalue weighted by molar-refractivity contribution is 0.584. The zero-order valence-electron chi connectivity index (χ0n) is 12.2. The first-order chi connectivity index (χ1) is 10.8. The van der Waals surface area contributed by atoms with Crippen molar-refractivity contribution in [1.29, 1.82) is 0 Å². The second-order valence-corrected chi connectivity index (χ2v) is 5.29. The van der Waals surface area contributed by atoms with Crippen LogP contribution < -0.4 is 0 Å². The SMILES string of the molecule is Cc1ccccc1-c1nnc(-c2ccc3ccccc3c2)o1. The monoisotopic (exact) mass is 286 g/mol. The van der Waals surface area contributed by atoms with E-state index in [4.69, 9.17) is 4.42 Å². The molecule has 4 aromatic rings. The number of benzene rings is 3. The van der Waals surface area contributed by atoms with Crippen LogP contribution in [0.3, 0.4) is 0 Å². The number of hydrogen-bond donors (Lipinski definition) is 0. The first kappa shape index (κ1) is 12.8. The van der Waals surface area contributed by atoms with Gasteiger partial charge in [0.05, 0.1) is 0 Å². The summed E-state index contributed by atoms with van der Waals surface area (Å²) in [6.07, 6.45) is 0. The molecule has 3 heteroatoms. The molecule has 0 saturated heterocycles. The Kier molecular flexibility index (Phi) is 2.97. The van der Waals surface area contributed by atoms with Gasteiger partial charge >= 0.3 is 0 Å². The predicted molar refractivity (Wildman–Crippen MR) is 87.4 cm³/mol. The van der Waals surface area contributed by atoms with Gasteiger partial charge in [0.2, 0.25) is 11.8 Å². The molecule has 4 rings (SSSR count). The molecule has 22 heavy (non-hydrogen) atoms. The highest BCUT2D eigenvalue weighted by atomic mass is 16.4. The lowest BCUT2D eigenvalue weighted by atomic mass is 10.1. The number of nitrogens with zero attached hydrogens (tertiary/aromatic N) is 2. The van der Waals surface area contributed by atoms with E-state index in [9.17, 15) is 0 Å². The second-order valence-electron chi connectivity index (χ2n) is 5.29. The van der Waals surface area contributed by atoms with Gasteiger partial charge in [0, 0.05) is 11.1 Å². The largest absolute Gasteiger partial charge is 0.416 e. The third-order valence-corrected chi connectivity index (χ3v) is 3.80. The zero-order valence-corrected chi connectivity index (χ0v) is 12.2. The molecule has 0 bridgehead atoms. The highest BCUT2D eigenvalue weighted by Gasteiger charge is 2.12. The van der Waals surface area contributed by atoms with E-state index >= 15 is 0 Å². The Morgan fingerprint density at radius 1 is 0.727 bits per heavy atom. The Labute approximate surface area is 128 Å². The Bertz CT molecular complexity index is 956. The van der Waals surface area contributed by atoms with Crippen LogP contribution >= 0.6 is 0 Å². The molecule has 3 nitrogen and oxygen atoms in total. The van der Waals surface area contributed by atoms with Crippen LogP contribution in [-0.2, 0) is 0 Å². The van der Waals surface area contributed by atoms with Gasteiger partial charge in [-0.1, -0.05) is 48.5 Å². The molecule has 106 valence electrons. The fraction of sp³-hybridized carbons (Fsp3) is 0.0526. The third-order valence-electron chi connectivity index (χ3n) is 3.80. The van der Waals surface area contributed by atoms with Crippen molar-refractivity contribution in [2.24, 2.45) is 0 Å². The van der Waals surface area contributed by atoms with Crippen LogP contribution in [0.25, 0.3) is 33.7 Å². The molecule has 1 heterocycles. The van der Waals surface area contributed by atoms with E-state index in [-0.39, 0.29) is 0 Å². The van der Waals surface area contributed by atoms with E-state index in [0.717, 1.165) is 22.1 Å². The summed E-state index contributed by atoms with van der Waals surface area (Å²) >= 11 is 0. The number of rotatable bonds is 2. The number of hydrogen-bond acceptors (Lipinski definition) is 3. The van der Waals surface area contributed by atoms with E-state index in [2.05, 4.69) is 34.5 Å². The minimum atomic E-state index is 0.545. The molecule has 0 aliphatic rings. The van der Waals surface area contributed by atoms with E-state index in [1.807, 2.05) is 49.4 Å². The average Bonchev–Trinajstić information content (AvgIpc) is 3.04. The molecule has 0 amide bonds. The van der Waals surface area contributed by atoms with Gasteiger partial charge in [0.15, 0.2) is 0 Å². The summed E-state index contributed by atoms with van der Waals surface area (Å²) in [5, 5.41) is 10.7. The van der Waals surface area contributed by atoms with Gasteiger partial charge in [-0.15, -0.1) is 10.2 Å². The smallest absolute Gasteiger partial charge is 0.248 e. The molecule has 0 aliphatic carbocycles. The molecule has 0 spiro atoms. The van der Waals surface area contributed by atoms with Crippen LogP contribution in [0.15, 0.2) is 71.1 Å². The minimum absolute atomic E-state index is 0.545. The number of aromatic nitrogens is 2. The summed E-state index contributed by atoms with van der Waals surface area (Å²) in [6, 6.07) is 22.4. The summed E-state index contributed by atoms with van der Waals surface area (Å²) in [5.74, 6) is 1.10. The van der Waals surface area contributed by atoms with Gasteiger partial charge in [0.1, 0.15) is 0 Å². The Morgan fingerprint density at radius 3 is 2.32 bits per heavy atom. The normalized spacial score (nSPS) is 11.0. The summed E-state index contributed by atoms with van der Waals surface area (Å²) in [6.45, 7) is 2.04. The van der Waals surface area contributed by atoms with Gasteiger partial charge < -0.3 is 4.42 Å². The Hall–Kier alpha value is -2.94. The van der Waals surface area contributed by atoms with Crippen LogP contribution in [0.2, 0.25) is 0 Å². The van der Waals surface area contributed by atoms with Crippen molar-refractivity contribution in [3.8, 4) is 22.9 Å². The highest BCUT2D eigenvalue weighted by Crippen LogP contribution is 2.27. The quantitative estimate of drug-likeness (QED) is 0.528. The zero-order chi connectivity index (χ0) is 14.9. The lowest BCUT2D eigenvalue weighted by Gasteiger charge is -2.00. The van der Waals surface area contributed by atoms with Crippen LogP contribution in [0.1, 0.15) is 5.56 Å². The minimum Gasteiger partial charge on any atom is -0.416 e. The van der Waals surface area contributed by atoms with Crippen molar-refractivity contribution < 1.29 is 4.42 Å². The number of fused-ring (bicyclic) bond motifs is 1. The predicted octanol–water partition coefficient (Wildman–Crippen LogP) is 4.87. The van der Waals surface area contributed by atoms with Crippen LogP contribution in [0.4, 0.5) is 0 Å². The van der Waals surface area contributed by atoms with E-state index in [1.54, 1.807) is 0 Å². The van der Waals surface area contributed by atoms with Crippen molar-refractivity contribution in [2.75, 3.05) is 0 Å². The van der Waals surface area contributed by atoms with E-state index in [0.29, 0.717) is 11.8 Å². The molecule has 0 unspecified atom stereocenters. The standard InChI is InChI=1S/C19H14N2O/c1-13-6-2-5-9-17(13)19-21-20-18(22-19)16-11-10-14-7-3-4-8-15(14)12-16/h2-12H,1H3. The molecule has 0 atom stereocenters. The van der Waals surface area contributed by atoms with E-state index in [1.165, 1.54) is 5.39 Å². The summed E-state index contributed by atoms with van der Waals surface area (Å²) in [4.78, 5) is 0. The maximum atomic E-state index is 5.86. The van der Waals surface area contributed by atoms with Crippen molar-refractivity contribution in [3.63, 3.8) is 0 Å². The van der Waals surface area contributed by atoms with Crippen LogP contribution in [0.5, 0.6) is 0 Å². The van der Waals surface area contributed by atoms with E-state index < -0.39 is 0 Å². The molecule has 0 radical (unpaired) electrons. The molecular formula is C19H14N2O. The second kappa shape index (κ2) is 5.11. The molecule has 1 aromatic heterocycles. The van der Waals surface area contributed by atoms with Gasteiger partial charge in [-0.2, -0.15) is 0 Å². The topological polar surface area (TPSA) is 38.9 Å². The fourth-order valence-corrected chi connectivity index (χ4v) is 2.58. The van der Waals surface area contributed by atoms with Crippen LogP contribution in [0, 0.1) is 6.92 Å². The summed E-state index contributed by atoms with van der Waals surface area (Å²) in [5.41, 5.74) is 3.03. The summed E-state index contributed by atoms with van der Waals surface area (Å²) in [7, 11) is 0. The molecule has 3 aromatic carbocycles. The Morgan fingerprint density at radius 2 is 1.45 bits per heavy atom. The maximum Gasteiger partial charge on any atom is 0.248 e. The van der Waals surface area contributed by atoms with Crippen molar-refractivity contribution in [1.82, 2.24) is 10.2 Å². The van der Waals surface area contributed by atoms with Crippen molar-refractivity contribution in [3.05, 3.63) is 72.3 Å². The van der Waals surface area contributed by atoms with Gasteiger partial charge in [-0.3, -0.25) is 0 Å². The van der Waals surface area contributed by atoms with Crippen LogP contribution in [-0.4, -0.2) is 10.2 Å². The first-order valence-corrected chi connectivity index (χ1v) is 7.20. The highest BCUT2D eigenvalue weighted by molar-refractivity contribution is 5.86. The van der Waals surface area contributed by atoms with Gasteiger partial charge in [-0.25, -0.2) is 0 Å². The van der Waals surface area contributed by atoms with Crippen molar-refractivity contribution >= 4 is 10.8 Å². The van der Waals surface area contributed by atoms with Gasteiger partial charge in [0.25, 0.3) is 0 Å². The molecule has 0 aliphatic heterocycles. The maximum absolute atomic E-state index is 5.86.